The number of nitrogens with zero attached hydrogens (tertiary/aromatic N) is 3. The highest BCUT2D eigenvalue weighted by atomic mass is 32.2. The van der Waals surface area contributed by atoms with Gasteiger partial charge in [-0.15, -0.1) is 11.3 Å². The van der Waals surface area contributed by atoms with Crippen LogP contribution in [0.1, 0.15) is 41.6 Å². The Hall–Kier alpha value is -2.64. The van der Waals surface area contributed by atoms with E-state index >= 15 is 0 Å². The van der Waals surface area contributed by atoms with Gasteiger partial charge in [-0.3, -0.25) is 14.2 Å². The maximum atomic E-state index is 13.1. The summed E-state index contributed by atoms with van der Waals surface area (Å²) < 4.78 is 3.78. The number of hydrogen-bond donors (Lipinski definition) is 0. The fourth-order valence-electron chi connectivity index (χ4n) is 3.86. The zero-order valence-electron chi connectivity index (χ0n) is 17.4. The largest absolute Gasteiger partial charge is 0.346 e. The summed E-state index contributed by atoms with van der Waals surface area (Å²) >= 11 is 2.74. The van der Waals surface area contributed by atoms with Crippen molar-refractivity contribution in [3.8, 4) is 5.69 Å². The van der Waals surface area contributed by atoms with Crippen LogP contribution >= 0.6 is 23.1 Å². The lowest BCUT2D eigenvalue weighted by atomic mass is 10.2. The molecule has 30 heavy (non-hydrogen) atoms. The van der Waals surface area contributed by atoms with Crippen LogP contribution in [0, 0.1) is 13.8 Å². The van der Waals surface area contributed by atoms with E-state index in [0.29, 0.717) is 21.4 Å². The lowest BCUT2D eigenvalue weighted by molar-refractivity contribution is 0.102. The summed E-state index contributed by atoms with van der Waals surface area (Å²) in [4.78, 5) is 31.6. The number of rotatable bonds is 6. The Bertz CT molecular complexity index is 1280. The lowest BCUT2D eigenvalue weighted by Crippen LogP contribution is -2.21. The number of hydrogen-bond acceptors (Lipinski definition) is 5. The molecule has 4 rings (SSSR count). The van der Waals surface area contributed by atoms with Gasteiger partial charge in [-0.1, -0.05) is 30.0 Å². The molecule has 0 saturated heterocycles. The van der Waals surface area contributed by atoms with Crippen LogP contribution < -0.4 is 5.56 Å². The Labute approximate surface area is 183 Å². The van der Waals surface area contributed by atoms with Crippen LogP contribution in [0.3, 0.4) is 0 Å². The molecule has 0 saturated carbocycles. The third-order valence-electron chi connectivity index (χ3n) is 5.11. The van der Waals surface area contributed by atoms with Gasteiger partial charge in [-0.2, -0.15) is 0 Å². The zero-order chi connectivity index (χ0) is 21.4. The second-order valence-corrected chi connectivity index (χ2v) is 9.31. The molecule has 1 aromatic carbocycles. The van der Waals surface area contributed by atoms with Crippen molar-refractivity contribution < 1.29 is 4.79 Å². The Morgan fingerprint density at radius 3 is 2.57 bits per heavy atom. The van der Waals surface area contributed by atoms with Gasteiger partial charge in [-0.25, -0.2) is 4.98 Å². The molecule has 3 aromatic heterocycles. The van der Waals surface area contributed by atoms with Crippen molar-refractivity contribution in [3.63, 3.8) is 0 Å². The SMILES string of the molecule is Cc1cc(C(=O)CSc2nc3sccc3c(=O)n2-c2ccccc2)c(C)n1C(C)C. The fraction of sp³-hybridized carbons (Fsp3) is 0.261. The lowest BCUT2D eigenvalue weighted by Gasteiger charge is -2.14. The van der Waals surface area contributed by atoms with Crippen LogP contribution in [0.2, 0.25) is 0 Å². The molecule has 5 nitrogen and oxygen atoms in total. The maximum Gasteiger partial charge on any atom is 0.267 e. The first-order chi connectivity index (χ1) is 14.4. The molecule has 0 amide bonds. The van der Waals surface area contributed by atoms with E-state index in [9.17, 15) is 9.59 Å². The molecule has 154 valence electrons. The highest BCUT2D eigenvalue weighted by molar-refractivity contribution is 7.99. The number of aromatic nitrogens is 3. The highest BCUT2D eigenvalue weighted by Gasteiger charge is 2.20. The molecule has 0 aliphatic carbocycles. The first-order valence-electron chi connectivity index (χ1n) is 9.78. The minimum Gasteiger partial charge on any atom is -0.346 e. The zero-order valence-corrected chi connectivity index (χ0v) is 19.0. The van der Waals surface area contributed by atoms with Crippen molar-refractivity contribution in [2.75, 3.05) is 5.75 Å². The fourth-order valence-corrected chi connectivity index (χ4v) is 5.56. The number of carbonyl (C=O) groups is 1. The van der Waals surface area contributed by atoms with E-state index in [2.05, 4.69) is 18.4 Å². The van der Waals surface area contributed by atoms with Gasteiger partial charge in [-0.05, 0) is 57.3 Å². The van der Waals surface area contributed by atoms with Gasteiger partial charge < -0.3 is 4.57 Å². The summed E-state index contributed by atoms with van der Waals surface area (Å²) in [6.45, 7) is 8.24. The van der Waals surface area contributed by atoms with Crippen molar-refractivity contribution in [1.82, 2.24) is 14.1 Å². The quantitative estimate of drug-likeness (QED) is 0.230. The van der Waals surface area contributed by atoms with Crippen LogP contribution in [0.5, 0.6) is 0 Å². The monoisotopic (exact) mass is 437 g/mol. The minimum atomic E-state index is -0.111. The first-order valence-corrected chi connectivity index (χ1v) is 11.6. The summed E-state index contributed by atoms with van der Waals surface area (Å²) in [5.74, 6) is 0.263. The van der Waals surface area contributed by atoms with Gasteiger partial charge >= 0.3 is 0 Å². The number of Topliss-reactive ketones (excluding diaryl/α,β-unsaturated/α-hetero) is 1. The number of thioether (sulfide) groups is 1. The summed E-state index contributed by atoms with van der Waals surface area (Å²) in [7, 11) is 0. The molecule has 0 unspecified atom stereocenters. The van der Waals surface area contributed by atoms with Crippen LogP contribution in [0.25, 0.3) is 15.9 Å². The molecule has 0 radical (unpaired) electrons. The normalized spacial score (nSPS) is 11.5. The third-order valence-corrected chi connectivity index (χ3v) is 6.86. The topological polar surface area (TPSA) is 56.9 Å². The van der Waals surface area contributed by atoms with Crippen molar-refractivity contribution in [3.05, 3.63) is 75.1 Å². The summed E-state index contributed by atoms with van der Waals surface area (Å²) in [6, 6.07) is 13.5. The van der Waals surface area contributed by atoms with Crippen LogP contribution in [0.4, 0.5) is 0 Å². The number of ketones is 1. The van der Waals surface area contributed by atoms with Gasteiger partial charge in [0.2, 0.25) is 0 Å². The Kier molecular flexibility index (Phi) is 5.66. The molecule has 7 heteroatoms. The number of aryl methyl sites for hydroxylation is 1. The number of fused-ring (bicyclic) bond motifs is 1. The van der Waals surface area contributed by atoms with E-state index < -0.39 is 0 Å². The molecule has 0 atom stereocenters. The smallest absolute Gasteiger partial charge is 0.267 e. The molecule has 4 aromatic rings. The molecule has 0 N–H and O–H groups in total. The number of benzene rings is 1. The molecule has 0 fully saturated rings. The van der Waals surface area contributed by atoms with E-state index in [0.717, 1.165) is 22.6 Å². The van der Waals surface area contributed by atoms with Crippen molar-refractivity contribution in [2.24, 2.45) is 0 Å². The van der Waals surface area contributed by atoms with Gasteiger partial charge in [0.25, 0.3) is 5.56 Å². The predicted octanol–water partition coefficient (Wildman–Crippen LogP) is 5.42. The first kappa shape index (κ1) is 20.6. The van der Waals surface area contributed by atoms with Gasteiger partial charge in [0, 0.05) is 23.0 Å². The number of para-hydroxylation sites is 1. The average Bonchev–Trinajstić information content (AvgIpc) is 3.31. The van der Waals surface area contributed by atoms with Crippen LogP contribution in [0.15, 0.2) is 57.8 Å². The van der Waals surface area contributed by atoms with E-state index in [-0.39, 0.29) is 17.1 Å². The van der Waals surface area contributed by atoms with Crippen molar-refractivity contribution >= 4 is 39.1 Å². The molecular weight excluding hydrogens is 414 g/mol. The molecule has 0 spiro atoms. The second kappa shape index (κ2) is 8.24. The van der Waals surface area contributed by atoms with E-state index in [1.165, 1.54) is 23.1 Å². The molecule has 0 bridgehead atoms. The van der Waals surface area contributed by atoms with Crippen LogP contribution in [-0.2, 0) is 0 Å². The van der Waals surface area contributed by atoms with Gasteiger partial charge in [0.1, 0.15) is 4.83 Å². The standard InChI is InChI=1S/C23H23N3O2S2/c1-14(2)25-15(3)12-19(16(25)4)20(27)13-30-23-24-21-18(10-11-29-21)22(28)26(23)17-8-6-5-7-9-17/h5-12,14H,13H2,1-4H3. The Morgan fingerprint density at radius 2 is 1.90 bits per heavy atom. The summed E-state index contributed by atoms with van der Waals surface area (Å²) in [5.41, 5.74) is 3.43. The van der Waals surface area contributed by atoms with Crippen molar-refractivity contribution in [2.45, 2.75) is 38.9 Å². The van der Waals surface area contributed by atoms with E-state index in [1.807, 2.05) is 55.6 Å². The van der Waals surface area contributed by atoms with Gasteiger partial charge in [0.05, 0.1) is 16.8 Å². The maximum absolute atomic E-state index is 13.1. The second-order valence-electron chi connectivity index (χ2n) is 7.47. The average molecular weight is 438 g/mol. The Morgan fingerprint density at radius 1 is 1.17 bits per heavy atom. The highest BCUT2D eigenvalue weighted by Crippen LogP contribution is 2.26. The third kappa shape index (κ3) is 3.63. The number of thiophene rings is 1. The van der Waals surface area contributed by atoms with E-state index in [1.54, 1.807) is 10.6 Å². The van der Waals surface area contributed by atoms with Crippen LogP contribution in [-0.4, -0.2) is 25.7 Å². The van der Waals surface area contributed by atoms with Gasteiger partial charge in [0.15, 0.2) is 10.9 Å². The number of carbonyl (C=O) groups excluding carboxylic acids is 1. The van der Waals surface area contributed by atoms with Crippen molar-refractivity contribution in [1.29, 1.82) is 0 Å². The van der Waals surface area contributed by atoms with E-state index in [4.69, 9.17) is 4.98 Å². The summed E-state index contributed by atoms with van der Waals surface area (Å²) in [6.07, 6.45) is 0. The predicted molar refractivity (Wildman–Crippen MR) is 125 cm³/mol. The molecule has 0 aliphatic heterocycles. The summed E-state index contributed by atoms with van der Waals surface area (Å²) in [5, 5.41) is 3.00. The molecule has 0 aliphatic rings. The minimum absolute atomic E-state index is 0.0418. The molecular formula is C23H23N3O2S2. The molecule has 3 heterocycles. The Balaban J connectivity index is 1.70.